The van der Waals surface area contributed by atoms with Crippen LogP contribution in [0.4, 0.5) is 4.79 Å². The number of benzene rings is 2. The highest BCUT2D eigenvalue weighted by Gasteiger charge is 2.21. The summed E-state index contributed by atoms with van der Waals surface area (Å²) in [6.45, 7) is 9.18. The fourth-order valence-corrected chi connectivity index (χ4v) is 3.76. The maximum absolute atomic E-state index is 13.0. The number of nitrogens with one attached hydrogen (secondary N) is 1. The Hall–Kier alpha value is -3.61. The minimum atomic E-state index is -0.608. The lowest BCUT2D eigenvalue weighted by atomic mass is 10.0. The summed E-state index contributed by atoms with van der Waals surface area (Å²) in [5, 5.41) is 8.66. The van der Waals surface area contributed by atoms with Gasteiger partial charge in [-0.2, -0.15) is 5.10 Å². The monoisotopic (exact) mass is 433 g/mol. The zero-order chi connectivity index (χ0) is 23.2. The van der Waals surface area contributed by atoms with Crippen molar-refractivity contribution in [2.45, 2.75) is 46.3 Å². The van der Waals surface area contributed by atoms with Crippen LogP contribution >= 0.6 is 0 Å². The molecular formula is C25H27N3O4. The Morgan fingerprint density at radius 2 is 1.94 bits per heavy atom. The largest absolute Gasteiger partial charge is 0.455 e. The number of hydrogen-bond acceptors (Lipinski definition) is 5. The van der Waals surface area contributed by atoms with E-state index in [0.717, 1.165) is 22.0 Å². The Morgan fingerprint density at radius 1 is 1.19 bits per heavy atom. The van der Waals surface area contributed by atoms with E-state index in [1.807, 2.05) is 72.1 Å². The van der Waals surface area contributed by atoms with Crippen molar-refractivity contribution in [2.75, 3.05) is 0 Å². The number of ether oxygens (including phenoxy) is 1. The predicted molar refractivity (Wildman–Crippen MR) is 125 cm³/mol. The van der Waals surface area contributed by atoms with E-state index in [1.165, 1.54) is 6.07 Å². The molecule has 0 aliphatic carbocycles. The zero-order valence-electron chi connectivity index (χ0n) is 19.1. The molecule has 1 amide bonds. The summed E-state index contributed by atoms with van der Waals surface area (Å²) in [6, 6.07) is 10.5. The molecule has 0 aliphatic heterocycles. The van der Waals surface area contributed by atoms with Gasteiger partial charge in [0.15, 0.2) is 5.43 Å². The highest BCUT2D eigenvalue weighted by Crippen LogP contribution is 2.30. The number of aryl methyl sites for hydroxylation is 2. The van der Waals surface area contributed by atoms with Gasteiger partial charge in [-0.3, -0.25) is 9.48 Å². The third kappa shape index (κ3) is 4.37. The second-order valence-corrected chi connectivity index (χ2v) is 9.15. The number of aromatic nitrogens is 2. The number of amides is 1. The van der Waals surface area contributed by atoms with Crippen LogP contribution in [0, 0.1) is 6.92 Å². The lowest BCUT2D eigenvalue weighted by Crippen LogP contribution is -2.34. The lowest BCUT2D eigenvalue weighted by molar-refractivity contribution is 0.0508. The maximum Gasteiger partial charge on any atom is 0.408 e. The molecule has 4 aromatic rings. The topological polar surface area (TPSA) is 86.4 Å². The molecular weight excluding hydrogens is 406 g/mol. The molecule has 0 saturated carbocycles. The van der Waals surface area contributed by atoms with Crippen LogP contribution in [0.1, 0.15) is 44.9 Å². The van der Waals surface area contributed by atoms with Crippen LogP contribution in [0.3, 0.4) is 0 Å². The minimum absolute atomic E-state index is 0.137. The molecule has 1 N–H and O–H groups in total. The average molecular weight is 434 g/mol. The van der Waals surface area contributed by atoms with Crippen molar-refractivity contribution >= 4 is 28.0 Å². The zero-order valence-corrected chi connectivity index (χ0v) is 19.1. The van der Waals surface area contributed by atoms with E-state index in [1.54, 1.807) is 10.7 Å². The summed E-state index contributed by atoms with van der Waals surface area (Å²) in [6.07, 6.45) is 1.39. The van der Waals surface area contributed by atoms with Crippen LogP contribution in [-0.2, 0) is 11.8 Å². The van der Waals surface area contributed by atoms with Gasteiger partial charge >= 0.3 is 6.09 Å². The Morgan fingerprint density at radius 3 is 2.66 bits per heavy atom. The van der Waals surface area contributed by atoms with Crippen molar-refractivity contribution in [2.24, 2.45) is 7.05 Å². The van der Waals surface area contributed by atoms with Gasteiger partial charge in [-0.25, -0.2) is 4.79 Å². The van der Waals surface area contributed by atoms with E-state index in [0.29, 0.717) is 22.3 Å². The number of alkyl carbamates (subject to hydrolysis) is 1. The fraction of sp³-hybridized carbons (Fsp3) is 0.320. The standard InChI is InChI=1S/C25H27N3O4/c1-14-9-18(15(2)26-24(30)32-25(3,4)5)23-19(10-14)21(29)12-22(31-23)16-7-8-20-17(11-16)13-28(6)27-20/h7-13,15H,1-6H3,(H,26,30)/t15-/m1/s1. The van der Waals surface area contributed by atoms with Gasteiger partial charge < -0.3 is 14.5 Å². The van der Waals surface area contributed by atoms with E-state index in [4.69, 9.17) is 9.15 Å². The van der Waals surface area contributed by atoms with Crippen LogP contribution < -0.4 is 10.7 Å². The van der Waals surface area contributed by atoms with Gasteiger partial charge in [-0.15, -0.1) is 0 Å². The first-order valence-electron chi connectivity index (χ1n) is 10.5. The van der Waals surface area contributed by atoms with Gasteiger partial charge in [-0.05, 0) is 64.4 Å². The number of carbonyl (C=O) groups excluding carboxylic acids is 1. The van der Waals surface area contributed by atoms with Crippen molar-refractivity contribution in [1.29, 1.82) is 0 Å². The Labute approximate surface area is 186 Å². The molecule has 0 bridgehead atoms. The lowest BCUT2D eigenvalue weighted by Gasteiger charge is -2.22. The third-order valence-corrected chi connectivity index (χ3v) is 5.10. The van der Waals surface area contributed by atoms with Gasteiger partial charge in [0.1, 0.15) is 16.9 Å². The normalized spacial score (nSPS) is 12.8. The molecule has 7 heteroatoms. The number of carbonyl (C=O) groups is 1. The molecule has 0 radical (unpaired) electrons. The van der Waals surface area contributed by atoms with Crippen LogP contribution in [0.25, 0.3) is 33.2 Å². The van der Waals surface area contributed by atoms with E-state index >= 15 is 0 Å². The summed E-state index contributed by atoms with van der Waals surface area (Å²) in [4.78, 5) is 25.3. The van der Waals surface area contributed by atoms with Gasteiger partial charge in [0.05, 0.1) is 16.9 Å². The van der Waals surface area contributed by atoms with Crippen molar-refractivity contribution < 1.29 is 13.9 Å². The average Bonchev–Trinajstić information content (AvgIpc) is 3.05. The van der Waals surface area contributed by atoms with Crippen LogP contribution in [0.2, 0.25) is 0 Å². The second-order valence-electron chi connectivity index (χ2n) is 9.15. The molecule has 0 unspecified atom stereocenters. The SMILES string of the molecule is Cc1cc([C@@H](C)NC(=O)OC(C)(C)C)c2oc(-c3ccc4nn(C)cc4c3)cc(=O)c2c1. The van der Waals surface area contributed by atoms with Crippen LogP contribution in [0.15, 0.2) is 51.8 Å². The van der Waals surface area contributed by atoms with Gasteiger partial charge in [-0.1, -0.05) is 6.07 Å². The summed E-state index contributed by atoms with van der Waals surface area (Å²) in [5.41, 5.74) is 2.97. The summed E-state index contributed by atoms with van der Waals surface area (Å²) in [5.74, 6) is 0.461. The van der Waals surface area contributed by atoms with Crippen LogP contribution in [-0.4, -0.2) is 21.5 Å². The van der Waals surface area contributed by atoms with Crippen molar-refractivity contribution in [3.63, 3.8) is 0 Å². The van der Waals surface area contributed by atoms with E-state index in [-0.39, 0.29) is 5.43 Å². The molecule has 4 rings (SSSR count). The van der Waals surface area contributed by atoms with Gasteiger partial charge in [0, 0.05) is 35.8 Å². The number of nitrogens with zero attached hydrogens (tertiary/aromatic N) is 2. The highest BCUT2D eigenvalue weighted by molar-refractivity contribution is 5.86. The first-order chi connectivity index (χ1) is 15.0. The Balaban J connectivity index is 1.80. The molecule has 2 aromatic carbocycles. The maximum atomic E-state index is 13.0. The molecule has 0 fully saturated rings. The van der Waals surface area contributed by atoms with Crippen molar-refractivity contribution in [3.05, 3.63) is 63.9 Å². The minimum Gasteiger partial charge on any atom is -0.455 e. The summed E-state index contributed by atoms with van der Waals surface area (Å²) in [7, 11) is 1.86. The highest BCUT2D eigenvalue weighted by atomic mass is 16.6. The van der Waals surface area contributed by atoms with E-state index < -0.39 is 17.7 Å². The van der Waals surface area contributed by atoms with E-state index in [9.17, 15) is 9.59 Å². The smallest absolute Gasteiger partial charge is 0.408 e. The van der Waals surface area contributed by atoms with Crippen molar-refractivity contribution in [3.8, 4) is 11.3 Å². The number of fused-ring (bicyclic) bond motifs is 2. The molecule has 166 valence electrons. The van der Waals surface area contributed by atoms with Gasteiger partial charge in [0.2, 0.25) is 0 Å². The molecule has 1 atom stereocenters. The molecule has 0 aliphatic rings. The quantitative estimate of drug-likeness (QED) is 0.477. The molecule has 0 spiro atoms. The molecule has 2 aromatic heterocycles. The number of rotatable bonds is 3. The fourth-order valence-electron chi connectivity index (χ4n) is 3.76. The Bertz CT molecular complexity index is 1390. The predicted octanol–water partition coefficient (Wildman–Crippen LogP) is 5.24. The Kier molecular flexibility index (Phi) is 5.28. The molecule has 7 nitrogen and oxygen atoms in total. The first-order valence-corrected chi connectivity index (χ1v) is 10.5. The number of hydrogen-bond donors (Lipinski definition) is 1. The first kappa shape index (κ1) is 21.6. The summed E-state index contributed by atoms with van der Waals surface area (Å²) >= 11 is 0. The third-order valence-electron chi connectivity index (χ3n) is 5.10. The molecule has 0 saturated heterocycles. The van der Waals surface area contributed by atoms with Crippen LogP contribution in [0.5, 0.6) is 0 Å². The molecule has 32 heavy (non-hydrogen) atoms. The molecule has 2 heterocycles. The summed E-state index contributed by atoms with van der Waals surface area (Å²) < 4.78 is 13.4. The van der Waals surface area contributed by atoms with Crippen molar-refractivity contribution in [1.82, 2.24) is 15.1 Å². The van der Waals surface area contributed by atoms with Gasteiger partial charge in [0.25, 0.3) is 0 Å². The second kappa shape index (κ2) is 7.82. The van der Waals surface area contributed by atoms with E-state index in [2.05, 4.69) is 10.4 Å².